The van der Waals surface area contributed by atoms with Crippen LogP contribution >= 0.6 is 27.5 Å². The molecule has 1 aromatic heterocycles. The van der Waals surface area contributed by atoms with Crippen LogP contribution < -0.4 is 0 Å². The van der Waals surface area contributed by atoms with Crippen LogP contribution in [-0.2, 0) is 13.5 Å². The highest BCUT2D eigenvalue weighted by atomic mass is 79.9. The summed E-state index contributed by atoms with van der Waals surface area (Å²) in [6.45, 7) is 0. The summed E-state index contributed by atoms with van der Waals surface area (Å²) in [5.41, 5.74) is 0.793. The summed E-state index contributed by atoms with van der Waals surface area (Å²) in [4.78, 5) is 4.18. The lowest BCUT2D eigenvalue weighted by Crippen LogP contribution is -2.06. The molecule has 2 rings (SSSR count). The molecule has 0 spiro atoms. The fourth-order valence-electron chi connectivity index (χ4n) is 1.60. The van der Waals surface area contributed by atoms with E-state index in [-0.39, 0.29) is 0 Å². The van der Waals surface area contributed by atoms with Crippen molar-refractivity contribution in [3.05, 3.63) is 51.5 Å². The molecule has 0 saturated heterocycles. The Labute approximate surface area is 113 Å². The summed E-state index contributed by atoms with van der Waals surface area (Å²) in [6.07, 6.45) is 3.45. The molecule has 0 radical (unpaired) electrons. The number of benzene rings is 1. The summed E-state index contributed by atoms with van der Waals surface area (Å²) >= 11 is 9.31. The summed E-state index contributed by atoms with van der Waals surface area (Å²) < 4.78 is 2.72. The highest BCUT2D eigenvalue weighted by Gasteiger charge is 2.12. The van der Waals surface area contributed by atoms with E-state index in [1.54, 1.807) is 12.3 Å². The first-order valence-electron chi connectivity index (χ1n) is 5.17. The zero-order valence-electron chi connectivity index (χ0n) is 9.27. The van der Waals surface area contributed by atoms with Crippen molar-refractivity contribution in [1.29, 1.82) is 0 Å². The first-order chi connectivity index (χ1) is 8.08. The Hall–Kier alpha value is -0.840. The Bertz CT molecular complexity index is 527. The van der Waals surface area contributed by atoms with E-state index in [0.29, 0.717) is 11.4 Å². The van der Waals surface area contributed by atoms with Gasteiger partial charge in [-0.05, 0) is 33.6 Å². The van der Waals surface area contributed by atoms with Gasteiger partial charge in [0.2, 0.25) is 0 Å². The van der Waals surface area contributed by atoms with E-state index in [2.05, 4.69) is 20.9 Å². The molecule has 17 heavy (non-hydrogen) atoms. The molecule has 0 aliphatic heterocycles. The van der Waals surface area contributed by atoms with Crippen LogP contribution in [0.1, 0.15) is 17.5 Å². The number of aromatic nitrogens is 2. The van der Waals surface area contributed by atoms with Crippen LogP contribution in [0.15, 0.2) is 35.1 Å². The van der Waals surface area contributed by atoms with Crippen LogP contribution in [0.3, 0.4) is 0 Å². The van der Waals surface area contributed by atoms with Crippen molar-refractivity contribution in [2.45, 2.75) is 12.5 Å². The topological polar surface area (TPSA) is 38.0 Å². The standard InChI is InChI=1S/C12H12BrClN2O/c1-16-5-4-15-12(16)7-11(17)8-2-3-9(13)10(14)6-8/h2-6,11,17H,7H2,1H3. The number of nitrogens with zero attached hydrogens (tertiary/aromatic N) is 2. The Balaban J connectivity index is 2.17. The zero-order chi connectivity index (χ0) is 12.4. The summed E-state index contributed by atoms with van der Waals surface area (Å²) in [6, 6.07) is 5.45. The molecule has 3 nitrogen and oxygen atoms in total. The molecular formula is C12H12BrClN2O. The third-order valence-corrected chi connectivity index (χ3v) is 3.86. The second-order valence-corrected chi connectivity index (χ2v) is 5.11. The van der Waals surface area contributed by atoms with Gasteiger partial charge in [-0.2, -0.15) is 0 Å². The van der Waals surface area contributed by atoms with Crippen molar-refractivity contribution in [2.75, 3.05) is 0 Å². The second kappa shape index (κ2) is 5.21. The van der Waals surface area contributed by atoms with Gasteiger partial charge < -0.3 is 9.67 Å². The number of hydrogen-bond acceptors (Lipinski definition) is 2. The first kappa shape index (κ1) is 12.6. The molecule has 1 heterocycles. The molecule has 0 amide bonds. The fraction of sp³-hybridized carbons (Fsp3) is 0.250. The van der Waals surface area contributed by atoms with Crippen molar-refractivity contribution < 1.29 is 5.11 Å². The molecule has 0 aliphatic carbocycles. The van der Waals surface area contributed by atoms with Gasteiger partial charge in [-0.15, -0.1) is 0 Å². The quantitative estimate of drug-likeness (QED) is 0.945. The second-order valence-electron chi connectivity index (χ2n) is 3.85. The van der Waals surface area contributed by atoms with Gasteiger partial charge in [-0.25, -0.2) is 4.98 Å². The van der Waals surface area contributed by atoms with E-state index in [0.717, 1.165) is 15.9 Å². The van der Waals surface area contributed by atoms with Crippen LogP contribution in [0.4, 0.5) is 0 Å². The molecule has 1 aromatic carbocycles. The van der Waals surface area contributed by atoms with Crippen molar-refractivity contribution in [2.24, 2.45) is 7.05 Å². The maximum Gasteiger partial charge on any atom is 0.111 e. The van der Waals surface area contributed by atoms with Crippen molar-refractivity contribution >= 4 is 27.5 Å². The molecule has 2 aromatic rings. The van der Waals surface area contributed by atoms with Gasteiger partial charge in [0.25, 0.3) is 0 Å². The molecule has 0 saturated carbocycles. The number of aliphatic hydroxyl groups is 1. The Morgan fingerprint density at radius 1 is 1.53 bits per heavy atom. The molecule has 90 valence electrons. The lowest BCUT2D eigenvalue weighted by molar-refractivity contribution is 0.175. The van der Waals surface area contributed by atoms with Gasteiger partial charge in [0.1, 0.15) is 5.82 Å². The lowest BCUT2D eigenvalue weighted by Gasteiger charge is -2.11. The maximum absolute atomic E-state index is 10.1. The molecule has 5 heteroatoms. The molecule has 1 atom stereocenters. The lowest BCUT2D eigenvalue weighted by atomic mass is 10.1. The van der Waals surface area contributed by atoms with Crippen LogP contribution in [0.5, 0.6) is 0 Å². The summed E-state index contributed by atoms with van der Waals surface area (Å²) in [7, 11) is 1.91. The molecule has 0 fully saturated rings. The van der Waals surface area contributed by atoms with Crippen LogP contribution in [-0.4, -0.2) is 14.7 Å². The van der Waals surface area contributed by atoms with Gasteiger partial charge in [0.05, 0.1) is 11.1 Å². The van der Waals surface area contributed by atoms with E-state index in [9.17, 15) is 5.11 Å². The van der Waals surface area contributed by atoms with Crippen LogP contribution in [0.25, 0.3) is 0 Å². The first-order valence-corrected chi connectivity index (χ1v) is 6.34. The average Bonchev–Trinajstić information content (AvgIpc) is 2.68. The van der Waals surface area contributed by atoms with E-state index >= 15 is 0 Å². The Morgan fingerprint density at radius 3 is 2.88 bits per heavy atom. The van der Waals surface area contributed by atoms with Crippen LogP contribution in [0, 0.1) is 0 Å². The molecule has 0 bridgehead atoms. The van der Waals surface area contributed by atoms with Gasteiger partial charge >= 0.3 is 0 Å². The molecule has 0 aliphatic rings. The Kier molecular flexibility index (Phi) is 3.86. The van der Waals surface area contributed by atoms with Crippen molar-refractivity contribution in [1.82, 2.24) is 9.55 Å². The fourth-order valence-corrected chi connectivity index (χ4v) is 2.04. The largest absolute Gasteiger partial charge is 0.388 e. The van der Waals surface area contributed by atoms with E-state index in [1.807, 2.05) is 29.9 Å². The number of hydrogen-bond donors (Lipinski definition) is 1. The third kappa shape index (κ3) is 2.89. The highest BCUT2D eigenvalue weighted by Crippen LogP contribution is 2.27. The van der Waals surface area contributed by atoms with E-state index in [1.165, 1.54) is 0 Å². The molecule has 1 N–H and O–H groups in total. The predicted octanol–water partition coefficient (Wildman–Crippen LogP) is 3.11. The van der Waals surface area contributed by atoms with Gasteiger partial charge in [-0.1, -0.05) is 17.7 Å². The molecular weight excluding hydrogens is 304 g/mol. The van der Waals surface area contributed by atoms with Gasteiger partial charge in [0.15, 0.2) is 0 Å². The van der Waals surface area contributed by atoms with Gasteiger partial charge in [-0.3, -0.25) is 0 Å². The van der Waals surface area contributed by atoms with Gasteiger partial charge in [0, 0.05) is 30.3 Å². The van der Waals surface area contributed by atoms with E-state index < -0.39 is 6.10 Å². The minimum Gasteiger partial charge on any atom is -0.388 e. The summed E-state index contributed by atoms with van der Waals surface area (Å²) in [5, 5.41) is 10.7. The molecule has 1 unspecified atom stereocenters. The van der Waals surface area contributed by atoms with Crippen LogP contribution in [0.2, 0.25) is 5.02 Å². The van der Waals surface area contributed by atoms with Crippen molar-refractivity contribution in [3.63, 3.8) is 0 Å². The number of aryl methyl sites for hydroxylation is 1. The Morgan fingerprint density at radius 2 is 2.29 bits per heavy atom. The smallest absolute Gasteiger partial charge is 0.111 e. The number of imidazole rings is 1. The zero-order valence-corrected chi connectivity index (χ0v) is 11.6. The minimum absolute atomic E-state index is 0.474. The predicted molar refractivity (Wildman–Crippen MR) is 71.0 cm³/mol. The average molecular weight is 316 g/mol. The highest BCUT2D eigenvalue weighted by molar-refractivity contribution is 9.10. The van der Waals surface area contributed by atoms with E-state index in [4.69, 9.17) is 11.6 Å². The third-order valence-electron chi connectivity index (χ3n) is 2.63. The monoisotopic (exact) mass is 314 g/mol. The minimum atomic E-state index is -0.596. The number of aliphatic hydroxyl groups excluding tert-OH is 1. The summed E-state index contributed by atoms with van der Waals surface area (Å²) in [5.74, 6) is 0.844. The number of rotatable bonds is 3. The SMILES string of the molecule is Cn1ccnc1CC(O)c1ccc(Br)c(Cl)c1. The number of halogens is 2. The van der Waals surface area contributed by atoms with Crippen molar-refractivity contribution in [3.8, 4) is 0 Å². The normalized spacial score (nSPS) is 12.7. The maximum atomic E-state index is 10.1.